The molecule has 8 heteroatoms. The maximum absolute atomic E-state index is 14.4. The van der Waals surface area contributed by atoms with Gasteiger partial charge < -0.3 is 15.4 Å². The molecule has 140 valence electrons. The van der Waals surface area contributed by atoms with Crippen LogP contribution in [0.1, 0.15) is 12.0 Å². The van der Waals surface area contributed by atoms with Gasteiger partial charge in [0.1, 0.15) is 17.7 Å². The normalized spacial score (nSPS) is 19.6. The quantitative estimate of drug-likeness (QED) is 0.617. The minimum absolute atomic E-state index is 0.129. The van der Waals surface area contributed by atoms with Crippen LogP contribution in [0.2, 0.25) is 10.0 Å². The van der Waals surface area contributed by atoms with Gasteiger partial charge in [-0.1, -0.05) is 29.3 Å². The van der Waals surface area contributed by atoms with Crippen molar-refractivity contribution in [2.75, 3.05) is 25.5 Å². The van der Waals surface area contributed by atoms with Gasteiger partial charge in [0.15, 0.2) is 5.82 Å². The van der Waals surface area contributed by atoms with Crippen LogP contribution in [0.5, 0.6) is 0 Å². The number of nitrogens with one attached hydrogen (secondary N) is 2. The number of hydrogen-bond donors (Lipinski definition) is 2. The van der Waals surface area contributed by atoms with E-state index in [2.05, 4.69) is 20.6 Å². The Kier molecular flexibility index (Phi) is 4.90. The minimum atomic E-state index is -0.625. The van der Waals surface area contributed by atoms with Gasteiger partial charge in [0.05, 0.1) is 21.2 Å². The molecule has 1 saturated heterocycles. The van der Waals surface area contributed by atoms with E-state index >= 15 is 0 Å². The number of fused-ring (bicyclic) bond motifs is 1. The number of hydrogen-bond acceptors (Lipinski definition) is 5. The molecule has 0 aliphatic carbocycles. The van der Waals surface area contributed by atoms with Crippen molar-refractivity contribution in [2.45, 2.75) is 12.0 Å². The van der Waals surface area contributed by atoms with E-state index in [4.69, 9.17) is 27.9 Å². The number of nitrogens with zero attached hydrogens (tertiary/aromatic N) is 2. The van der Waals surface area contributed by atoms with E-state index < -0.39 is 11.4 Å². The molecule has 4 rings (SSSR count). The van der Waals surface area contributed by atoms with Crippen LogP contribution >= 0.6 is 23.2 Å². The zero-order valence-electron chi connectivity index (χ0n) is 14.5. The van der Waals surface area contributed by atoms with Crippen molar-refractivity contribution in [3.63, 3.8) is 0 Å². The van der Waals surface area contributed by atoms with Crippen LogP contribution in [0, 0.1) is 5.82 Å². The Labute approximate surface area is 165 Å². The van der Waals surface area contributed by atoms with E-state index in [0.29, 0.717) is 5.82 Å². The standard InChI is InChI=1S/C19H17Cl2FN4O/c1-27-19(6-7-23-9-19)11-2-4-14-12(8-11)18(25-10-24-14)26-15-5-3-13(20)16(21)17(15)22/h2-5,8,10,23H,6-7,9H2,1H3,(H,24,25,26). The van der Waals surface area contributed by atoms with Crippen molar-refractivity contribution in [2.24, 2.45) is 0 Å². The smallest absolute Gasteiger partial charge is 0.166 e. The number of benzene rings is 2. The average molecular weight is 407 g/mol. The Balaban J connectivity index is 1.79. The predicted octanol–water partition coefficient (Wildman–Crippen LogP) is 4.65. The highest BCUT2D eigenvalue weighted by atomic mass is 35.5. The second-order valence-corrected chi connectivity index (χ2v) is 7.21. The molecule has 1 atom stereocenters. The van der Waals surface area contributed by atoms with Crippen LogP contribution in [0.4, 0.5) is 15.9 Å². The van der Waals surface area contributed by atoms with E-state index in [1.807, 2.05) is 18.2 Å². The van der Waals surface area contributed by atoms with Gasteiger partial charge in [0.2, 0.25) is 0 Å². The van der Waals surface area contributed by atoms with E-state index in [1.54, 1.807) is 7.11 Å². The summed E-state index contributed by atoms with van der Waals surface area (Å²) >= 11 is 11.8. The summed E-state index contributed by atoms with van der Waals surface area (Å²) in [5.74, 6) is -0.142. The molecule has 0 radical (unpaired) electrons. The highest BCUT2D eigenvalue weighted by molar-refractivity contribution is 6.42. The van der Waals surface area contributed by atoms with Crippen molar-refractivity contribution in [1.82, 2.24) is 15.3 Å². The molecule has 1 aromatic heterocycles. The first-order valence-electron chi connectivity index (χ1n) is 8.46. The van der Waals surface area contributed by atoms with Gasteiger partial charge in [-0.05, 0) is 42.8 Å². The summed E-state index contributed by atoms with van der Waals surface area (Å²) in [7, 11) is 1.71. The SMILES string of the molecule is COC1(c2ccc3ncnc(Nc4ccc(Cl)c(Cl)c4F)c3c2)CCNC1. The van der Waals surface area contributed by atoms with E-state index in [0.717, 1.165) is 36.0 Å². The van der Waals surface area contributed by atoms with Crippen molar-refractivity contribution >= 4 is 45.6 Å². The van der Waals surface area contributed by atoms with E-state index in [1.165, 1.54) is 18.5 Å². The second kappa shape index (κ2) is 7.20. The third-order valence-electron chi connectivity index (χ3n) is 4.96. The molecule has 1 unspecified atom stereocenters. The van der Waals surface area contributed by atoms with Crippen LogP contribution in [-0.2, 0) is 10.3 Å². The van der Waals surface area contributed by atoms with Crippen LogP contribution in [0.25, 0.3) is 10.9 Å². The van der Waals surface area contributed by atoms with Crippen LogP contribution in [0.3, 0.4) is 0 Å². The summed E-state index contributed by atoms with van der Waals surface area (Å²) in [5, 5.41) is 7.14. The minimum Gasteiger partial charge on any atom is -0.372 e. The molecule has 1 aliphatic heterocycles. The zero-order chi connectivity index (χ0) is 19.0. The fraction of sp³-hybridized carbons (Fsp3) is 0.263. The van der Waals surface area contributed by atoms with Gasteiger partial charge in [-0.3, -0.25) is 0 Å². The number of aromatic nitrogens is 2. The van der Waals surface area contributed by atoms with E-state index in [9.17, 15) is 4.39 Å². The van der Waals surface area contributed by atoms with Crippen molar-refractivity contribution < 1.29 is 9.13 Å². The maximum atomic E-state index is 14.4. The zero-order valence-corrected chi connectivity index (χ0v) is 16.0. The summed E-state index contributed by atoms with van der Waals surface area (Å²) in [5.41, 5.74) is 1.57. The fourth-order valence-corrected chi connectivity index (χ4v) is 3.71. The molecule has 27 heavy (non-hydrogen) atoms. The Morgan fingerprint density at radius 3 is 2.81 bits per heavy atom. The summed E-state index contributed by atoms with van der Waals surface area (Å²) in [6, 6.07) is 8.98. The van der Waals surface area contributed by atoms with E-state index in [-0.39, 0.29) is 15.7 Å². The average Bonchev–Trinajstić information content (AvgIpc) is 3.19. The summed E-state index contributed by atoms with van der Waals surface area (Å²) in [4.78, 5) is 8.60. The number of methoxy groups -OCH3 is 1. The molecule has 0 saturated carbocycles. The van der Waals surface area contributed by atoms with Crippen molar-refractivity contribution in [1.29, 1.82) is 0 Å². The monoisotopic (exact) mass is 406 g/mol. The largest absolute Gasteiger partial charge is 0.372 e. The first kappa shape index (κ1) is 18.4. The topological polar surface area (TPSA) is 59.1 Å². The third-order valence-corrected chi connectivity index (χ3v) is 5.74. The highest BCUT2D eigenvalue weighted by Gasteiger charge is 2.35. The lowest BCUT2D eigenvalue weighted by atomic mass is 9.91. The van der Waals surface area contributed by atoms with Crippen LogP contribution in [-0.4, -0.2) is 30.2 Å². The first-order chi connectivity index (χ1) is 13.0. The lowest BCUT2D eigenvalue weighted by Crippen LogP contribution is -2.30. The Morgan fingerprint density at radius 1 is 1.22 bits per heavy atom. The second-order valence-electron chi connectivity index (χ2n) is 6.43. The fourth-order valence-electron chi connectivity index (χ4n) is 3.40. The maximum Gasteiger partial charge on any atom is 0.166 e. The molecule has 1 fully saturated rings. The van der Waals surface area contributed by atoms with Crippen molar-refractivity contribution in [3.05, 3.63) is 58.1 Å². The Hall–Kier alpha value is -1.99. The number of halogens is 3. The Morgan fingerprint density at radius 2 is 2.07 bits per heavy atom. The molecule has 0 spiro atoms. The van der Waals surface area contributed by atoms with Gasteiger partial charge in [-0.2, -0.15) is 0 Å². The highest BCUT2D eigenvalue weighted by Crippen LogP contribution is 2.36. The molecule has 2 heterocycles. The number of ether oxygens (including phenoxy) is 1. The Bertz CT molecular complexity index is 1010. The molecule has 0 amide bonds. The molecule has 2 aromatic carbocycles. The van der Waals surface area contributed by atoms with Gasteiger partial charge in [0, 0.05) is 19.0 Å². The summed E-state index contributed by atoms with van der Waals surface area (Å²) in [6.45, 7) is 1.61. The molecule has 3 aromatic rings. The lowest BCUT2D eigenvalue weighted by molar-refractivity contribution is 0.00336. The molecule has 1 aliphatic rings. The van der Waals surface area contributed by atoms with Gasteiger partial charge in [-0.25, -0.2) is 14.4 Å². The molecular formula is C19H17Cl2FN4O. The first-order valence-corrected chi connectivity index (χ1v) is 9.21. The summed E-state index contributed by atoms with van der Waals surface area (Å²) in [6.07, 6.45) is 2.30. The predicted molar refractivity (Wildman–Crippen MR) is 105 cm³/mol. The van der Waals surface area contributed by atoms with Gasteiger partial charge in [-0.15, -0.1) is 0 Å². The lowest BCUT2D eigenvalue weighted by Gasteiger charge is -2.27. The van der Waals surface area contributed by atoms with Crippen LogP contribution < -0.4 is 10.6 Å². The number of anilines is 2. The third kappa shape index (κ3) is 3.23. The van der Waals surface area contributed by atoms with Gasteiger partial charge >= 0.3 is 0 Å². The van der Waals surface area contributed by atoms with Crippen LogP contribution in [0.15, 0.2) is 36.7 Å². The molecular weight excluding hydrogens is 390 g/mol. The van der Waals surface area contributed by atoms with Gasteiger partial charge in [0.25, 0.3) is 0 Å². The van der Waals surface area contributed by atoms with Crippen molar-refractivity contribution in [3.8, 4) is 0 Å². The molecule has 2 N–H and O–H groups in total. The molecule has 0 bridgehead atoms. The number of rotatable bonds is 4. The molecule has 5 nitrogen and oxygen atoms in total. The summed E-state index contributed by atoms with van der Waals surface area (Å²) < 4.78 is 20.3.